The van der Waals surface area contributed by atoms with Gasteiger partial charge in [0.05, 0.1) is 24.4 Å². The van der Waals surface area contributed by atoms with Crippen LogP contribution in [-0.2, 0) is 6.54 Å². The lowest BCUT2D eigenvalue weighted by Gasteiger charge is -2.09. The standard InChI is InChI=1S/C19H16N2O2/c1-22-15-9-10-16-17(12-15)21(13-14-6-3-2-4-7-14)19(20-16)18-8-5-11-23-18/h2-12H,13H2,1H3. The van der Waals surface area contributed by atoms with Crippen LogP contribution in [0.15, 0.2) is 71.3 Å². The molecule has 0 unspecified atom stereocenters. The van der Waals surface area contributed by atoms with Crippen molar-refractivity contribution in [1.29, 1.82) is 0 Å². The number of ether oxygens (including phenoxy) is 1. The van der Waals surface area contributed by atoms with Crippen molar-refractivity contribution in [2.24, 2.45) is 0 Å². The van der Waals surface area contributed by atoms with E-state index in [2.05, 4.69) is 16.7 Å². The summed E-state index contributed by atoms with van der Waals surface area (Å²) in [6.07, 6.45) is 1.67. The highest BCUT2D eigenvalue weighted by molar-refractivity contribution is 5.81. The molecule has 4 nitrogen and oxygen atoms in total. The van der Waals surface area contributed by atoms with E-state index < -0.39 is 0 Å². The highest BCUT2D eigenvalue weighted by atomic mass is 16.5. The summed E-state index contributed by atoms with van der Waals surface area (Å²) in [4.78, 5) is 4.74. The summed E-state index contributed by atoms with van der Waals surface area (Å²) in [5.74, 6) is 2.40. The third-order valence-corrected chi connectivity index (χ3v) is 3.88. The molecule has 0 saturated heterocycles. The summed E-state index contributed by atoms with van der Waals surface area (Å²) < 4.78 is 13.1. The third-order valence-electron chi connectivity index (χ3n) is 3.88. The molecule has 0 amide bonds. The van der Waals surface area contributed by atoms with Crippen molar-refractivity contribution in [2.45, 2.75) is 6.54 Å². The van der Waals surface area contributed by atoms with Crippen LogP contribution in [0, 0.1) is 0 Å². The van der Waals surface area contributed by atoms with E-state index in [1.165, 1.54) is 5.56 Å². The van der Waals surface area contributed by atoms with E-state index in [0.29, 0.717) is 0 Å². The van der Waals surface area contributed by atoms with Crippen molar-refractivity contribution in [1.82, 2.24) is 9.55 Å². The van der Waals surface area contributed by atoms with Crippen LogP contribution in [-0.4, -0.2) is 16.7 Å². The van der Waals surface area contributed by atoms with Crippen molar-refractivity contribution in [3.05, 3.63) is 72.5 Å². The Morgan fingerprint density at radius 3 is 2.65 bits per heavy atom. The summed E-state index contributed by atoms with van der Waals surface area (Å²) in [7, 11) is 1.67. The van der Waals surface area contributed by atoms with Gasteiger partial charge in [0.25, 0.3) is 0 Å². The van der Waals surface area contributed by atoms with Crippen LogP contribution in [0.2, 0.25) is 0 Å². The maximum absolute atomic E-state index is 5.57. The maximum atomic E-state index is 5.57. The van der Waals surface area contributed by atoms with Crippen molar-refractivity contribution in [3.63, 3.8) is 0 Å². The Kier molecular flexibility index (Phi) is 3.35. The molecule has 0 bridgehead atoms. The molecule has 0 aliphatic carbocycles. The summed E-state index contributed by atoms with van der Waals surface area (Å²) in [6, 6.07) is 20.0. The Labute approximate surface area is 134 Å². The average Bonchev–Trinajstić information content (AvgIpc) is 3.23. The van der Waals surface area contributed by atoms with Gasteiger partial charge >= 0.3 is 0 Å². The van der Waals surface area contributed by atoms with Gasteiger partial charge in [-0.2, -0.15) is 0 Å². The number of nitrogens with zero attached hydrogens (tertiary/aromatic N) is 2. The van der Waals surface area contributed by atoms with Gasteiger partial charge in [0, 0.05) is 12.6 Å². The van der Waals surface area contributed by atoms with Crippen molar-refractivity contribution in [3.8, 4) is 17.3 Å². The predicted molar refractivity (Wildman–Crippen MR) is 89.5 cm³/mol. The van der Waals surface area contributed by atoms with Gasteiger partial charge in [0.1, 0.15) is 5.75 Å². The first-order valence-corrected chi connectivity index (χ1v) is 7.47. The molecule has 0 atom stereocenters. The average molecular weight is 304 g/mol. The largest absolute Gasteiger partial charge is 0.497 e. The van der Waals surface area contributed by atoms with E-state index in [-0.39, 0.29) is 0 Å². The number of hydrogen-bond donors (Lipinski definition) is 0. The minimum atomic E-state index is 0.723. The highest BCUT2D eigenvalue weighted by Crippen LogP contribution is 2.28. The van der Waals surface area contributed by atoms with E-state index in [1.807, 2.05) is 48.5 Å². The van der Waals surface area contributed by atoms with Crippen LogP contribution in [0.25, 0.3) is 22.6 Å². The highest BCUT2D eigenvalue weighted by Gasteiger charge is 2.15. The van der Waals surface area contributed by atoms with Crippen molar-refractivity contribution < 1.29 is 9.15 Å². The summed E-state index contributed by atoms with van der Waals surface area (Å²) in [6.45, 7) is 0.723. The van der Waals surface area contributed by atoms with E-state index in [0.717, 1.165) is 34.9 Å². The monoisotopic (exact) mass is 304 g/mol. The molecular weight excluding hydrogens is 288 g/mol. The Balaban J connectivity index is 1.91. The normalized spacial score (nSPS) is 11.0. The van der Waals surface area contributed by atoms with E-state index in [1.54, 1.807) is 13.4 Å². The number of rotatable bonds is 4. The molecule has 0 fully saturated rings. The van der Waals surface area contributed by atoms with Gasteiger partial charge in [0.15, 0.2) is 11.6 Å². The molecule has 23 heavy (non-hydrogen) atoms. The lowest BCUT2D eigenvalue weighted by molar-refractivity contribution is 0.415. The Bertz CT molecular complexity index is 925. The zero-order chi connectivity index (χ0) is 15.6. The molecule has 4 heteroatoms. The molecule has 2 aromatic heterocycles. The molecular formula is C19H16N2O2. The number of hydrogen-bond acceptors (Lipinski definition) is 3. The van der Waals surface area contributed by atoms with Gasteiger partial charge < -0.3 is 13.7 Å². The fourth-order valence-corrected chi connectivity index (χ4v) is 2.75. The quantitative estimate of drug-likeness (QED) is 0.562. The second-order valence-electron chi connectivity index (χ2n) is 5.34. The van der Waals surface area contributed by atoms with Crippen LogP contribution < -0.4 is 4.74 Å². The second kappa shape index (κ2) is 5.65. The number of furan rings is 1. The molecule has 0 radical (unpaired) electrons. The molecule has 0 aliphatic rings. The Morgan fingerprint density at radius 2 is 1.91 bits per heavy atom. The maximum Gasteiger partial charge on any atom is 0.177 e. The van der Waals surface area contributed by atoms with E-state index in [9.17, 15) is 0 Å². The zero-order valence-electron chi connectivity index (χ0n) is 12.8. The number of imidazole rings is 1. The number of methoxy groups -OCH3 is 1. The van der Waals surface area contributed by atoms with Gasteiger partial charge in [-0.1, -0.05) is 30.3 Å². The SMILES string of the molecule is COc1ccc2nc(-c3ccco3)n(Cc3ccccc3)c2c1. The zero-order valence-corrected chi connectivity index (χ0v) is 12.8. The summed E-state index contributed by atoms with van der Waals surface area (Å²) in [5.41, 5.74) is 3.16. The number of fused-ring (bicyclic) bond motifs is 1. The lowest BCUT2D eigenvalue weighted by atomic mass is 10.2. The van der Waals surface area contributed by atoms with Crippen LogP contribution in [0.4, 0.5) is 0 Å². The Morgan fingerprint density at radius 1 is 1.04 bits per heavy atom. The number of aromatic nitrogens is 2. The molecule has 114 valence electrons. The predicted octanol–water partition coefficient (Wildman–Crippen LogP) is 4.35. The van der Waals surface area contributed by atoms with Crippen LogP contribution in [0.5, 0.6) is 5.75 Å². The fraction of sp³-hybridized carbons (Fsp3) is 0.105. The first-order chi connectivity index (χ1) is 11.3. The Hall–Kier alpha value is -3.01. The molecule has 2 aromatic carbocycles. The summed E-state index contributed by atoms with van der Waals surface area (Å²) in [5, 5.41) is 0. The van der Waals surface area contributed by atoms with Gasteiger partial charge in [-0.15, -0.1) is 0 Å². The smallest absolute Gasteiger partial charge is 0.177 e. The minimum Gasteiger partial charge on any atom is -0.497 e. The topological polar surface area (TPSA) is 40.2 Å². The fourth-order valence-electron chi connectivity index (χ4n) is 2.75. The molecule has 2 heterocycles. The lowest BCUT2D eigenvalue weighted by Crippen LogP contribution is -2.01. The molecule has 0 spiro atoms. The number of benzene rings is 2. The van der Waals surface area contributed by atoms with E-state index >= 15 is 0 Å². The van der Waals surface area contributed by atoms with Gasteiger partial charge in [-0.3, -0.25) is 0 Å². The molecule has 4 rings (SSSR count). The van der Waals surface area contributed by atoms with Gasteiger partial charge in [-0.05, 0) is 29.8 Å². The van der Waals surface area contributed by atoms with Crippen LogP contribution >= 0.6 is 0 Å². The molecule has 0 aliphatic heterocycles. The second-order valence-corrected chi connectivity index (χ2v) is 5.34. The first kappa shape index (κ1) is 13.6. The van der Waals surface area contributed by atoms with E-state index in [4.69, 9.17) is 14.1 Å². The molecule has 0 saturated carbocycles. The van der Waals surface area contributed by atoms with Crippen molar-refractivity contribution in [2.75, 3.05) is 7.11 Å². The minimum absolute atomic E-state index is 0.723. The van der Waals surface area contributed by atoms with Crippen molar-refractivity contribution >= 4 is 11.0 Å². The summed E-state index contributed by atoms with van der Waals surface area (Å²) >= 11 is 0. The van der Waals surface area contributed by atoms with Gasteiger partial charge in [0.2, 0.25) is 0 Å². The van der Waals surface area contributed by atoms with Crippen LogP contribution in [0.1, 0.15) is 5.56 Å². The molecule has 0 N–H and O–H groups in total. The first-order valence-electron chi connectivity index (χ1n) is 7.47. The van der Waals surface area contributed by atoms with Crippen LogP contribution in [0.3, 0.4) is 0 Å². The molecule has 4 aromatic rings. The third kappa shape index (κ3) is 2.48. The van der Waals surface area contributed by atoms with Gasteiger partial charge in [-0.25, -0.2) is 4.98 Å².